The molecule has 1 aromatic carbocycles. The highest BCUT2D eigenvalue weighted by Crippen LogP contribution is 2.17. The van der Waals surface area contributed by atoms with E-state index in [1.165, 1.54) is 6.26 Å². The zero-order valence-electron chi connectivity index (χ0n) is 17.8. The van der Waals surface area contributed by atoms with Crippen LogP contribution in [0.15, 0.2) is 57.8 Å². The van der Waals surface area contributed by atoms with Gasteiger partial charge in [-0.2, -0.15) is 0 Å². The third-order valence-electron chi connectivity index (χ3n) is 5.44. The van der Waals surface area contributed by atoms with Crippen molar-refractivity contribution in [3.8, 4) is 5.75 Å². The summed E-state index contributed by atoms with van der Waals surface area (Å²) in [5.74, 6) is 2.15. The van der Waals surface area contributed by atoms with E-state index in [9.17, 15) is 4.79 Å². The van der Waals surface area contributed by atoms with E-state index >= 15 is 0 Å². The molecule has 0 unspecified atom stereocenters. The lowest BCUT2D eigenvalue weighted by Crippen LogP contribution is -2.45. The lowest BCUT2D eigenvalue weighted by Gasteiger charge is -2.33. The molecule has 1 saturated heterocycles. The van der Waals surface area contributed by atoms with Crippen molar-refractivity contribution in [2.45, 2.75) is 19.5 Å². The van der Waals surface area contributed by atoms with E-state index in [0.717, 1.165) is 49.8 Å². The van der Waals surface area contributed by atoms with E-state index in [-0.39, 0.29) is 5.91 Å². The molecule has 0 spiro atoms. The van der Waals surface area contributed by atoms with Gasteiger partial charge in [-0.05, 0) is 30.2 Å². The quantitative estimate of drug-likeness (QED) is 0.565. The van der Waals surface area contributed by atoms with Crippen molar-refractivity contribution in [3.05, 3.63) is 71.8 Å². The molecule has 3 heterocycles. The first-order chi connectivity index (χ1) is 15.2. The molecule has 0 aliphatic carbocycles. The number of methoxy groups -OCH3 is 1. The van der Waals surface area contributed by atoms with Crippen molar-refractivity contribution < 1.29 is 18.4 Å². The minimum Gasteiger partial charge on any atom is -0.496 e. The maximum absolute atomic E-state index is 12.4. The molecule has 164 valence electrons. The van der Waals surface area contributed by atoms with Gasteiger partial charge in [0, 0.05) is 32.7 Å². The Labute approximate surface area is 181 Å². The Morgan fingerprint density at radius 3 is 2.58 bits per heavy atom. The number of carbonyl (C=O) groups excluding carboxylic acids is 1. The van der Waals surface area contributed by atoms with Crippen LogP contribution in [-0.2, 0) is 19.5 Å². The van der Waals surface area contributed by atoms with Gasteiger partial charge in [0.05, 0.1) is 26.5 Å². The summed E-state index contributed by atoms with van der Waals surface area (Å²) in [6.45, 7) is 5.68. The van der Waals surface area contributed by atoms with Crippen LogP contribution in [0, 0.1) is 0 Å². The van der Waals surface area contributed by atoms with Gasteiger partial charge in [0.1, 0.15) is 17.8 Å². The number of aromatic nitrogens is 1. The van der Waals surface area contributed by atoms with Crippen molar-refractivity contribution in [2.24, 2.45) is 0 Å². The summed E-state index contributed by atoms with van der Waals surface area (Å²) in [7, 11) is 1.65. The third-order valence-corrected chi connectivity index (χ3v) is 5.44. The predicted octanol–water partition coefficient (Wildman–Crippen LogP) is 2.57. The van der Waals surface area contributed by atoms with Crippen LogP contribution in [0.3, 0.4) is 0 Å². The fraction of sp³-hybridized carbons (Fsp3) is 0.391. The fourth-order valence-corrected chi connectivity index (χ4v) is 3.72. The predicted molar refractivity (Wildman–Crippen MR) is 115 cm³/mol. The number of benzene rings is 1. The molecule has 4 rings (SSSR count). The van der Waals surface area contributed by atoms with Gasteiger partial charge in [-0.3, -0.25) is 14.6 Å². The van der Waals surface area contributed by atoms with Crippen LogP contribution in [-0.4, -0.2) is 60.5 Å². The Balaban J connectivity index is 1.20. The van der Waals surface area contributed by atoms with E-state index in [1.54, 1.807) is 13.4 Å². The summed E-state index contributed by atoms with van der Waals surface area (Å²) >= 11 is 0. The number of oxazole rings is 1. The molecule has 8 nitrogen and oxygen atoms in total. The van der Waals surface area contributed by atoms with Crippen LogP contribution in [0.4, 0.5) is 0 Å². The number of rotatable bonds is 9. The number of para-hydroxylation sites is 1. The Morgan fingerprint density at radius 1 is 1.06 bits per heavy atom. The number of furan rings is 1. The van der Waals surface area contributed by atoms with E-state index in [4.69, 9.17) is 13.6 Å². The topological polar surface area (TPSA) is 84.0 Å². The van der Waals surface area contributed by atoms with Crippen molar-refractivity contribution in [2.75, 3.05) is 39.8 Å². The smallest absolute Gasteiger partial charge is 0.273 e. The molecule has 1 N–H and O–H groups in total. The highest BCUT2D eigenvalue weighted by Gasteiger charge is 2.20. The number of hydrogen-bond acceptors (Lipinski definition) is 7. The second-order valence-corrected chi connectivity index (χ2v) is 7.58. The van der Waals surface area contributed by atoms with Gasteiger partial charge < -0.3 is 18.9 Å². The molecule has 1 fully saturated rings. The standard InChI is InChI=1S/C23H28N4O4/c1-29-21-7-3-2-5-18(21)8-9-24-23(28)20-17-31-22(25-20)16-27-12-10-26(11-13-27)15-19-6-4-14-30-19/h2-7,14,17H,8-13,15-16H2,1H3,(H,24,28). The second-order valence-electron chi connectivity index (χ2n) is 7.58. The maximum Gasteiger partial charge on any atom is 0.273 e. The number of nitrogens with one attached hydrogen (secondary N) is 1. The Morgan fingerprint density at radius 2 is 1.84 bits per heavy atom. The van der Waals surface area contributed by atoms with Crippen LogP contribution in [0.2, 0.25) is 0 Å². The maximum atomic E-state index is 12.4. The summed E-state index contributed by atoms with van der Waals surface area (Å²) in [5, 5.41) is 2.90. The van der Waals surface area contributed by atoms with Gasteiger partial charge in [-0.1, -0.05) is 18.2 Å². The molecular weight excluding hydrogens is 396 g/mol. The fourth-order valence-electron chi connectivity index (χ4n) is 3.72. The number of ether oxygens (including phenoxy) is 1. The van der Waals surface area contributed by atoms with Gasteiger partial charge in [-0.15, -0.1) is 0 Å². The number of nitrogens with zero attached hydrogens (tertiary/aromatic N) is 3. The van der Waals surface area contributed by atoms with Gasteiger partial charge in [-0.25, -0.2) is 4.98 Å². The van der Waals surface area contributed by atoms with Crippen molar-refractivity contribution in [1.29, 1.82) is 0 Å². The lowest BCUT2D eigenvalue weighted by molar-refractivity contribution is 0.0948. The van der Waals surface area contributed by atoms with E-state index in [2.05, 4.69) is 20.1 Å². The van der Waals surface area contributed by atoms with E-state index in [0.29, 0.717) is 31.1 Å². The number of carbonyl (C=O) groups is 1. The molecule has 8 heteroatoms. The van der Waals surface area contributed by atoms with Crippen LogP contribution in [0.5, 0.6) is 5.75 Å². The van der Waals surface area contributed by atoms with Crippen LogP contribution >= 0.6 is 0 Å². The SMILES string of the molecule is COc1ccccc1CCNC(=O)c1coc(CN2CCN(Cc3ccco3)CC2)n1. The Bertz CT molecular complexity index is 962. The first-order valence-corrected chi connectivity index (χ1v) is 10.5. The number of piperazine rings is 1. The summed E-state index contributed by atoms with van der Waals surface area (Å²) in [6, 6.07) is 11.7. The first-order valence-electron chi connectivity index (χ1n) is 10.5. The van der Waals surface area contributed by atoms with Gasteiger partial charge >= 0.3 is 0 Å². The first kappa shape index (κ1) is 21.1. The van der Waals surface area contributed by atoms with E-state index in [1.807, 2.05) is 36.4 Å². The van der Waals surface area contributed by atoms with Crippen LogP contribution in [0.1, 0.15) is 27.7 Å². The Hall–Kier alpha value is -3.10. The molecule has 1 aliphatic rings. The summed E-state index contributed by atoms with van der Waals surface area (Å²) in [5.41, 5.74) is 1.36. The molecule has 0 radical (unpaired) electrons. The highest BCUT2D eigenvalue weighted by molar-refractivity contribution is 5.91. The number of hydrogen-bond donors (Lipinski definition) is 1. The zero-order valence-corrected chi connectivity index (χ0v) is 17.8. The molecular formula is C23H28N4O4. The lowest BCUT2D eigenvalue weighted by atomic mass is 10.1. The van der Waals surface area contributed by atoms with Crippen molar-refractivity contribution in [3.63, 3.8) is 0 Å². The molecule has 0 saturated carbocycles. The highest BCUT2D eigenvalue weighted by atomic mass is 16.5. The third kappa shape index (κ3) is 5.74. The molecule has 1 amide bonds. The second kappa shape index (κ2) is 10.3. The van der Waals surface area contributed by atoms with Gasteiger partial charge in [0.2, 0.25) is 5.89 Å². The van der Waals surface area contributed by atoms with Gasteiger partial charge in [0.15, 0.2) is 5.69 Å². The summed E-state index contributed by atoms with van der Waals surface area (Å²) in [4.78, 5) is 21.4. The average Bonchev–Trinajstić information content (AvgIpc) is 3.48. The monoisotopic (exact) mass is 424 g/mol. The Kier molecular flexibility index (Phi) is 7.01. The van der Waals surface area contributed by atoms with Crippen molar-refractivity contribution >= 4 is 5.91 Å². The average molecular weight is 425 g/mol. The summed E-state index contributed by atoms with van der Waals surface area (Å²) < 4.78 is 16.3. The summed E-state index contributed by atoms with van der Waals surface area (Å²) in [6.07, 6.45) is 3.82. The van der Waals surface area contributed by atoms with Crippen LogP contribution in [0.25, 0.3) is 0 Å². The molecule has 2 aromatic heterocycles. The van der Waals surface area contributed by atoms with Gasteiger partial charge in [0.25, 0.3) is 5.91 Å². The minimum absolute atomic E-state index is 0.229. The molecule has 1 aliphatic heterocycles. The minimum atomic E-state index is -0.229. The van der Waals surface area contributed by atoms with Crippen molar-refractivity contribution in [1.82, 2.24) is 20.1 Å². The zero-order chi connectivity index (χ0) is 21.5. The molecule has 31 heavy (non-hydrogen) atoms. The normalized spacial score (nSPS) is 15.1. The molecule has 3 aromatic rings. The number of amides is 1. The van der Waals surface area contributed by atoms with Crippen LogP contribution < -0.4 is 10.1 Å². The van der Waals surface area contributed by atoms with E-state index < -0.39 is 0 Å². The molecule has 0 atom stereocenters. The molecule has 0 bridgehead atoms. The largest absolute Gasteiger partial charge is 0.496 e.